The molecule has 29 heavy (non-hydrogen) atoms. The molecule has 1 atom stereocenters. The number of hydrogen-bond acceptors (Lipinski definition) is 4. The van der Waals surface area contributed by atoms with E-state index in [0.717, 1.165) is 5.56 Å². The van der Waals surface area contributed by atoms with E-state index in [4.69, 9.17) is 16.3 Å². The van der Waals surface area contributed by atoms with E-state index in [9.17, 15) is 13.2 Å². The Balaban J connectivity index is 1.60. The average Bonchev–Trinajstić information content (AvgIpc) is 2.74. The van der Waals surface area contributed by atoms with E-state index >= 15 is 0 Å². The number of hydrogen-bond donors (Lipinski definition) is 1. The number of methoxy groups -OCH3 is 1. The number of ether oxygens (including phenoxy) is 1. The smallest absolute Gasteiger partial charge is 0.224 e. The maximum absolute atomic E-state index is 12.8. The van der Waals surface area contributed by atoms with Crippen LogP contribution < -0.4 is 10.1 Å². The molecule has 1 unspecified atom stereocenters. The highest BCUT2D eigenvalue weighted by Gasteiger charge is 2.32. The van der Waals surface area contributed by atoms with Gasteiger partial charge in [0.2, 0.25) is 15.9 Å². The van der Waals surface area contributed by atoms with Crippen molar-refractivity contribution < 1.29 is 17.9 Å². The molecule has 3 rings (SSSR count). The quantitative estimate of drug-likeness (QED) is 0.723. The third-order valence-corrected chi connectivity index (χ3v) is 7.12. The molecule has 1 aliphatic rings. The zero-order chi connectivity index (χ0) is 20.9. The van der Waals surface area contributed by atoms with Gasteiger partial charge in [-0.25, -0.2) is 12.7 Å². The minimum Gasteiger partial charge on any atom is -0.496 e. The van der Waals surface area contributed by atoms with E-state index in [1.807, 2.05) is 24.3 Å². The standard InChI is InChI=1S/C21H25ClN2O4S/c1-28-20-7-3-2-5-17(20)13-23-21(25)18-6-4-12-24(14-18)29(26,27)15-16-8-10-19(22)11-9-16/h2-3,5,7-11,18H,4,6,12-15H2,1H3,(H,23,25). The molecule has 0 bridgehead atoms. The first-order chi connectivity index (χ1) is 13.9. The molecule has 0 aliphatic carbocycles. The van der Waals surface area contributed by atoms with Crippen molar-refractivity contribution in [3.8, 4) is 5.75 Å². The Hall–Kier alpha value is -2.09. The highest BCUT2D eigenvalue weighted by molar-refractivity contribution is 7.88. The highest BCUT2D eigenvalue weighted by atomic mass is 35.5. The van der Waals surface area contributed by atoms with E-state index in [-0.39, 0.29) is 24.1 Å². The Morgan fingerprint density at radius 2 is 1.93 bits per heavy atom. The number of sulfonamides is 1. The van der Waals surface area contributed by atoms with E-state index in [2.05, 4.69) is 5.32 Å². The van der Waals surface area contributed by atoms with Crippen molar-refractivity contribution in [1.82, 2.24) is 9.62 Å². The maximum atomic E-state index is 12.8. The Morgan fingerprint density at radius 3 is 2.66 bits per heavy atom. The van der Waals surface area contributed by atoms with Gasteiger partial charge in [-0.2, -0.15) is 0 Å². The number of piperidine rings is 1. The van der Waals surface area contributed by atoms with Gasteiger partial charge in [0, 0.05) is 30.2 Å². The fraction of sp³-hybridized carbons (Fsp3) is 0.381. The van der Waals surface area contributed by atoms with Crippen LogP contribution >= 0.6 is 11.6 Å². The van der Waals surface area contributed by atoms with Gasteiger partial charge in [0.05, 0.1) is 18.8 Å². The van der Waals surface area contributed by atoms with Crippen molar-refractivity contribution in [3.05, 3.63) is 64.7 Å². The summed E-state index contributed by atoms with van der Waals surface area (Å²) in [6.45, 7) is 0.983. The number of carbonyl (C=O) groups is 1. The number of halogens is 1. The van der Waals surface area contributed by atoms with Gasteiger partial charge in [-0.1, -0.05) is 41.9 Å². The number of benzene rings is 2. The summed E-state index contributed by atoms with van der Waals surface area (Å²) in [4.78, 5) is 12.7. The van der Waals surface area contributed by atoms with Gasteiger partial charge >= 0.3 is 0 Å². The fourth-order valence-electron chi connectivity index (χ4n) is 3.47. The summed E-state index contributed by atoms with van der Waals surface area (Å²) >= 11 is 5.87. The van der Waals surface area contributed by atoms with E-state index < -0.39 is 10.0 Å². The SMILES string of the molecule is COc1ccccc1CNC(=O)C1CCCN(S(=O)(=O)Cc2ccc(Cl)cc2)C1. The molecule has 2 aromatic carbocycles. The monoisotopic (exact) mass is 436 g/mol. The summed E-state index contributed by atoms with van der Waals surface area (Å²) in [5.74, 6) is 0.115. The minimum atomic E-state index is -3.50. The molecule has 0 saturated carbocycles. The Morgan fingerprint density at radius 1 is 1.21 bits per heavy atom. The second kappa shape index (κ2) is 9.61. The summed E-state index contributed by atoms with van der Waals surface area (Å²) in [5, 5.41) is 3.48. The summed E-state index contributed by atoms with van der Waals surface area (Å²) in [6.07, 6.45) is 1.33. The molecule has 2 aromatic rings. The second-order valence-corrected chi connectivity index (χ2v) is 9.51. The summed E-state index contributed by atoms with van der Waals surface area (Å²) < 4.78 is 32.4. The van der Waals surface area contributed by atoms with Gasteiger partial charge in [0.15, 0.2) is 0 Å². The number of amides is 1. The lowest BCUT2D eigenvalue weighted by Crippen LogP contribution is -2.45. The van der Waals surface area contributed by atoms with Gasteiger partial charge < -0.3 is 10.1 Å². The van der Waals surface area contributed by atoms with Crippen LogP contribution in [0.1, 0.15) is 24.0 Å². The van der Waals surface area contributed by atoms with Crippen LogP contribution in [0.15, 0.2) is 48.5 Å². The molecule has 0 aromatic heterocycles. The first-order valence-electron chi connectivity index (χ1n) is 9.51. The average molecular weight is 437 g/mol. The predicted molar refractivity (Wildman–Crippen MR) is 113 cm³/mol. The van der Waals surface area contributed by atoms with Crippen molar-refractivity contribution in [2.45, 2.75) is 25.1 Å². The zero-order valence-electron chi connectivity index (χ0n) is 16.3. The number of nitrogens with one attached hydrogen (secondary N) is 1. The number of rotatable bonds is 7. The highest BCUT2D eigenvalue weighted by Crippen LogP contribution is 2.23. The topological polar surface area (TPSA) is 75.7 Å². The van der Waals surface area contributed by atoms with Crippen LogP contribution in [-0.4, -0.2) is 38.8 Å². The molecule has 1 N–H and O–H groups in total. The Bertz CT molecular complexity index is 947. The molecule has 1 amide bonds. The van der Waals surface area contributed by atoms with Crippen LogP contribution in [0.25, 0.3) is 0 Å². The number of nitrogens with zero attached hydrogens (tertiary/aromatic N) is 1. The van der Waals surface area contributed by atoms with Gasteiger partial charge in [-0.15, -0.1) is 0 Å². The lowest BCUT2D eigenvalue weighted by molar-refractivity contribution is -0.126. The lowest BCUT2D eigenvalue weighted by atomic mass is 9.98. The van der Waals surface area contributed by atoms with E-state index in [1.54, 1.807) is 31.4 Å². The van der Waals surface area contributed by atoms with Crippen molar-refractivity contribution in [2.24, 2.45) is 5.92 Å². The maximum Gasteiger partial charge on any atom is 0.224 e. The molecule has 0 radical (unpaired) electrons. The van der Waals surface area contributed by atoms with Crippen LogP contribution in [0.4, 0.5) is 0 Å². The fourth-order valence-corrected chi connectivity index (χ4v) is 5.20. The van der Waals surface area contributed by atoms with E-state index in [0.29, 0.717) is 42.3 Å². The third kappa shape index (κ3) is 5.72. The van der Waals surface area contributed by atoms with Gasteiger partial charge in [-0.3, -0.25) is 4.79 Å². The van der Waals surface area contributed by atoms with Gasteiger partial charge in [0.1, 0.15) is 5.75 Å². The number of carbonyl (C=O) groups excluding carboxylic acids is 1. The van der Waals surface area contributed by atoms with Crippen molar-refractivity contribution in [3.63, 3.8) is 0 Å². The molecule has 1 saturated heterocycles. The van der Waals surface area contributed by atoms with Crippen molar-refractivity contribution >= 4 is 27.5 Å². The van der Waals surface area contributed by atoms with E-state index in [1.165, 1.54) is 4.31 Å². The van der Waals surface area contributed by atoms with Crippen LogP contribution in [0.5, 0.6) is 5.75 Å². The normalized spacial score (nSPS) is 17.7. The van der Waals surface area contributed by atoms with Crippen molar-refractivity contribution in [2.75, 3.05) is 20.2 Å². The summed E-state index contributed by atoms with van der Waals surface area (Å²) in [7, 11) is -1.91. The molecule has 6 nitrogen and oxygen atoms in total. The number of para-hydroxylation sites is 1. The van der Waals surface area contributed by atoms with Crippen LogP contribution in [0, 0.1) is 5.92 Å². The zero-order valence-corrected chi connectivity index (χ0v) is 17.9. The molecule has 1 heterocycles. The molecule has 1 aliphatic heterocycles. The van der Waals surface area contributed by atoms with Crippen LogP contribution in [-0.2, 0) is 27.1 Å². The third-order valence-electron chi connectivity index (χ3n) is 5.06. The molecule has 0 spiro atoms. The molecule has 1 fully saturated rings. The summed E-state index contributed by atoms with van der Waals surface area (Å²) in [6, 6.07) is 14.3. The summed E-state index contributed by atoms with van der Waals surface area (Å²) in [5.41, 5.74) is 1.56. The lowest BCUT2D eigenvalue weighted by Gasteiger charge is -2.31. The Kier molecular flexibility index (Phi) is 7.16. The molecular weight excluding hydrogens is 412 g/mol. The van der Waals surface area contributed by atoms with Gasteiger partial charge in [-0.05, 0) is 36.6 Å². The van der Waals surface area contributed by atoms with Crippen LogP contribution in [0.2, 0.25) is 5.02 Å². The molecule has 156 valence electrons. The van der Waals surface area contributed by atoms with Crippen molar-refractivity contribution in [1.29, 1.82) is 0 Å². The largest absolute Gasteiger partial charge is 0.496 e. The minimum absolute atomic E-state index is 0.0975. The predicted octanol–water partition coefficient (Wildman–Crippen LogP) is 3.21. The first-order valence-corrected chi connectivity index (χ1v) is 11.5. The molecular formula is C21H25ClN2O4S. The second-order valence-electron chi connectivity index (χ2n) is 7.11. The molecule has 8 heteroatoms. The first kappa shape index (κ1) is 21.6. The Labute approximate surface area is 176 Å². The van der Waals surface area contributed by atoms with Gasteiger partial charge in [0.25, 0.3) is 0 Å². The van der Waals surface area contributed by atoms with Crippen LogP contribution in [0.3, 0.4) is 0 Å².